The molecule has 2 rings (SSSR count). The van der Waals surface area contributed by atoms with E-state index >= 15 is 0 Å². The first kappa shape index (κ1) is 15.1. The minimum Gasteiger partial charge on any atom is -0.406 e. The molecule has 1 saturated heterocycles. The third-order valence-electron chi connectivity index (χ3n) is 3.70. The van der Waals surface area contributed by atoms with Crippen LogP contribution < -0.4 is 10.1 Å². The Morgan fingerprint density at radius 2 is 2.00 bits per heavy atom. The van der Waals surface area contributed by atoms with Gasteiger partial charge in [0, 0.05) is 12.5 Å². The van der Waals surface area contributed by atoms with Crippen LogP contribution in [0, 0.1) is 5.92 Å². The number of benzene rings is 1. The molecule has 0 aromatic heterocycles. The van der Waals surface area contributed by atoms with Gasteiger partial charge in [0.05, 0.1) is 0 Å². The molecule has 1 aliphatic heterocycles. The quantitative estimate of drug-likeness (QED) is 0.856. The molecular formula is C14H17F4NO. The third-order valence-corrected chi connectivity index (χ3v) is 3.70. The number of alkyl halides is 4. The average Bonchev–Trinajstić information content (AvgIpc) is 2.38. The van der Waals surface area contributed by atoms with E-state index in [-0.39, 0.29) is 17.2 Å². The highest BCUT2D eigenvalue weighted by Crippen LogP contribution is 2.39. The number of halogens is 4. The minimum absolute atomic E-state index is 0.216. The normalized spacial score (nSPS) is 23.1. The smallest absolute Gasteiger partial charge is 0.406 e. The number of piperidine rings is 1. The van der Waals surface area contributed by atoms with Gasteiger partial charge in [-0.05, 0) is 44.0 Å². The Morgan fingerprint density at radius 3 is 2.60 bits per heavy atom. The molecule has 1 N–H and O–H groups in total. The maximum Gasteiger partial charge on any atom is 0.573 e. The van der Waals surface area contributed by atoms with Crippen molar-refractivity contribution in [1.29, 1.82) is 0 Å². The van der Waals surface area contributed by atoms with Crippen molar-refractivity contribution in [3.05, 3.63) is 29.8 Å². The number of hydrogen-bond donors (Lipinski definition) is 1. The summed E-state index contributed by atoms with van der Waals surface area (Å²) in [6, 6.07) is 5.18. The maximum atomic E-state index is 14.9. The van der Waals surface area contributed by atoms with Crippen molar-refractivity contribution in [2.24, 2.45) is 5.92 Å². The first-order chi connectivity index (χ1) is 9.29. The van der Waals surface area contributed by atoms with E-state index in [0.29, 0.717) is 13.0 Å². The van der Waals surface area contributed by atoms with Crippen LogP contribution in [0.25, 0.3) is 0 Å². The van der Waals surface area contributed by atoms with E-state index < -0.39 is 12.0 Å². The molecule has 0 bridgehead atoms. The van der Waals surface area contributed by atoms with E-state index in [2.05, 4.69) is 10.1 Å². The Kier molecular flexibility index (Phi) is 4.22. The van der Waals surface area contributed by atoms with Crippen LogP contribution in [-0.4, -0.2) is 19.5 Å². The van der Waals surface area contributed by atoms with Crippen LogP contribution in [0.2, 0.25) is 0 Å². The van der Waals surface area contributed by atoms with Gasteiger partial charge in [0.25, 0.3) is 0 Å². The van der Waals surface area contributed by atoms with Crippen LogP contribution in [0.4, 0.5) is 17.6 Å². The molecule has 112 valence electrons. The third kappa shape index (κ3) is 3.62. The summed E-state index contributed by atoms with van der Waals surface area (Å²) in [6.45, 7) is 2.79. The summed E-state index contributed by atoms with van der Waals surface area (Å²) in [4.78, 5) is 0. The highest BCUT2D eigenvalue weighted by Gasteiger charge is 2.37. The highest BCUT2D eigenvalue weighted by atomic mass is 19.4. The number of hydrogen-bond acceptors (Lipinski definition) is 2. The minimum atomic E-state index is -4.77. The summed E-state index contributed by atoms with van der Waals surface area (Å²) in [6.07, 6.45) is -3.19. The predicted molar refractivity (Wildman–Crippen MR) is 67.2 cm³/mol. The second-order valence-electron chi connectivity index (χ2n) is 5.19. The zero-order chi connectivity index (χ0) is 14.8. The van der Waals surface area contributed by atoms with Crippen molar-refractivity contribution in [1.82, 2.24) is 5.32 Å². The largest absolute Gasteiger partial charge is 0.573 e. The molecule has 0 saturated carbocycles. The molecule has 0 radical (unpaired) electrons. The zero-order valence-corrected chi connectivity index (χ0v) is 11.1. The fourth-order valence-electron chi connectivity index (χ4n) is 2.55. The molecule has 20 heavy (non-hydrogen) atoms. The molecule has 0 spiro atoms. The Balaban J connectivity index is 2.20. The first-order valence-corrected chi connectivity index (χ1v) is 6.55. The lowest BCUT2D eigenvalue weighted by Crippen LogP contribution is -2.40. The van der Waals surface area contributed by atoms with E-state index in [9.17, 15) is 17.6 Å². The summed E-state index contributed by atoms with van der Waals surface area (Å²) in [5.41, 5.74) is -1.47. The van der Waals surface area contributed by atoms with Crippen LogP contribution in [0.5, 0.6) is 5.75 Å². The maximum absolute atomic E-state index is 14.9. The van der Waals surface area contributed by atoms with Crippen molar-refractivity contribution in [3.63, 3.8) is 0 Å². The molecule has 1 aliphatic rings. The lowest BCUT2D eigenvalue weighted by atomic mass is 9.80. The fraction of sp³-hybridized carbons (Fsp3) is 0.571. The van der Waals surface area contributed by atoms with Gasteiger partial charge in [-0.2, -0.15) is 0 Å². The Labute approximate surface area is 115 Å². The van der Waals surface area contributed by atoms with Crippen molar-refractivity contribution >= 4 is 0 Å². The van der Waals surface area contributed by atoms with E-state index in [1.54, 1.807) is 0 Å². The van der Waals surface area contributed by atoms with Gasteiger partial charge in [-0.15, -0.1) is 13.2 Å². The summed E-state index contributed by atoms with van der Waals surface area (Å²) in [5, 5.41) is 3.11. The van der Waals surface area contributed by atoms with Gasteiger partial charge >= 0.3 is 6.36 Å². The molecule has 6 heteroatoms. The number of nitrogens with one attached hydrogen (secondary N) is 1. The zero-order valence-electron chi connectivity index (χ0n) is 11.1. The van der Waals surface area contributed by atoms with Crippen molar-refractivity contribution in [2.75, 3.05) is 13.1 Å². The Morgan fingerprint density at radius 1 is 1.25 bits per heavy atom. The Hall–Kier alpha value is -1.30. The number of rotatable bonds is 3. The van der Waals surface area contributed by atoms with Gasteiger partial charge in [0.2, 0.25) is 0 Å². The molecule has 1 aromatic carbocycles. The molecule has 1 aromatic rings. The van der Waals surface area contributed by atoms with Crippen LogP contribution in [0.15, 0.2) is 24.3 Å². The highest BCUT2D eigenvalue weighted by molar-refractivity contribution is 5.33. The summed E-state index contributed by atoms with van der Waals surface area (Å²) in [7, 11) is 0. The molecule has 2 atom stereocenters. The standard InChI is InChI=1S/C14H17F4NO/c1-13(15,11-5-3-7-19-9-11)10-4-2-6-12(8-10)20-14(16,17)18/h2,4,6,8,11,19H,3,5,7,9H2,1H3. The SMILES string of the molecule is CC(F)(c1cccc(OC(F)(F)F)c1)C1CCCNC1. The molecule has 1 fully saturated rings. The van der Waals surface area contributed by atoms with Gasteiger partial charge in [-0.25, -0.2) is 4.39 Å². The van der Waals surface area contributed by atoms with E-state index in [1.807, 2.05) is 0 Å². The van der Waals surface area contributed by atoms with Crippen LogP contribution in [0.3, 0.4) is 0 Å². The van der Waals surface area contributed by atoms with Crippen molar-refractivity contribution in [3.8, 4) is 5.75 Å². The first-order valence-electron chi connectivity index (χ1n) is 6.55. The van der Waals surface area contributed by atoms with E-state index in [1.165, 1.54) is 25.1 Å². The molecule has 0 aliphatic carbocycles. The van der Waals surface area contributed by atoms with Crippen LogP contribution in [-0.2, 0) is 5.67 Å². The summed E-state index contributed by atoms with van der Waals surface area (Å²) < 4.78 is 55.4. The van der Waals surface area contributed by atoms with Gasteiger partial charge < -0.3 is 10.1 Å². The van der Waals surface area contributed by atoms with E-state index in [0.717, 1.165) is 19.0 Å². The van der Waals surface area contributed by atoms with Crippen molar-refractivity contribution in [2.45, 2.75) is 31.8 Å². The van der Waals surface area contributed by atoms with Crippen LogP contribution >= 0.6 is 0 Å². The van der Waals surface area contributed by atoms with Crippen LogP contribution in [0.1, 0.15) is 25.3 Å². The second kappa shape index (κ2) is 5.60. The lowest BCUT2D eigenvalue weighted by Gasteiger charge is -2.34. The predicted octanol–water partition coefficient (Wildman–Crippen LogP) is 3.77. The van der Waals surface area contributed by atoms with E-state index in [4.69, 9.17) is 0 Å². The number of ether oxygens (including phenoxy) is 1. The average molecular weight is 291 g/mol. The van der Waals surface area contributed by atoms with Gasteiger partial charge in [0.1, 0.15) is 11.4 Å². The van der Waals surface area contributed by atoms with Gasteiger partial charge in [0.15, 0.2) is 0 Å². The lowest BCUT2D eigenvalue weighted by molar-refractivity contribution is -0.274. The summed E-state index contributed by atoms with van der Waals surface area (Å²) in [5.74, 6) is -0.639. The summed E-state index contributed by atoms with van der Waals surface area (Å²) >= 11 is 0. The fourth-order valence-corrected chi connectivity index (χ4v) is 2.55. The van der Waals surface area contributed by atoms with Crippen molar-refractivity contribution < 1.29 is 22.3 Å². The topological polar surface area (TPSA) is 21.3 Å². The molecule has 2 unspecified atom stereocenters. The van der Waals surface area contributed by atoms with Gasteiger partial charge in [-0.1, -0.05) is 12.1 Å². The monoisotopic (exact) mass is 291 g/mol. The molecular weight excluding hydrogens is 274 g/mol. The molecule has 0 amide bonds. The van der Waals surface area contributed by atoms with Gasteiger partial charge in [-0.3, -0.25) is 0 Å². The second-order valence-corrected chi connectivity index (χ2v) is 5.19. The molecule has 1 heterocycles. The Bertz CT molecular complexity index is 453. The molecule has 2 nitrogen and oxygen atoms in total.